The lowest BCUT2D eigenvalue weighted by atomic mass is 10.1. The van der Waals surface area contributed by atoms with Crippen LogP contribution in [-0.2, 0) is 13.1 Å². The topological polar surface area (TPSA) is 47.1 Å². The van der Waals surface area contributed by atoms with Gasteiger partial charge < -0.3 is 5.73 Å². The van der Waals surface area contributed by atoms with E-state index in [1.54, 1.807) is 0 Å². The summed E-state index contributed by atoms with van der Waals surface area (Å²) >= 11 is 3.64. The van der Waals surface area contributed by atoms with Gasteiger partial charge in [-0.2, -0.15) is 5.10 Å². The van der Waals surface area contributed by atoms with Gasteiger partial charge in [0.05, 0.1) is 15.9 Å². The van der Waals surface area contributed by atoms with Crippen molar-refractivity contribution >= 4 is 15.9 Å². The predicted octanol–water partition coefficient (Wildman–Crippen LogP) is 1.90. The first-order valence-corrected chi connectivity index (χ1v) is 7.10. The number of aromatic nitrogens is 2. The van der Waals surface area contributed by atoms with Gasteiger partial charge in [0.25, 0.3) is 0 Å². The fourth-order valence-electron chi connectivity index (χ4n) is 2.47. The Morgan fingerprint density at radius 3 is 2.94 bits per heavy atom. The van der Waals surface area contributed by atoms with Crippen LogP contribution >= 0.6 is 15.9 Å². The minimum atomic E-state index is 0.335. The quantitative estimate of drug-likeness (QED) is 0.927. The number of hydrogen-bond donors (Lipinski definition) is 1. The van der Waals surface area contributed by atoms with Crippen LogP contribution in [0.5, 0.6) is 0 Å². The van der Waals surface area contributed by atoms with Crippen LogP contribution in [0.2, 0.25) is 0 Å². The van der Waals surface area contributed by atoms with Gasteiger partial charge in [0, 0.05) is 25.7 Å². The summed E-state index contributed by atoms with van der Waals surface area (Å²) in [4.78, 5) is 2.43. The average Bonchev–Trinajstić information content (AvgIpc) is 2.57. The van der Waals surface area contributed by atoms with Gasteiger partial charge in [-0.15, -0.1) is 0 Å². The van der Waals surface area contributed by atoms with Crippen molar-refractivity contribution in [1.29, 1.82) is 0 Å². The highest BCUT2D eigenvalue weighted by Crippen LogP contribution is 2.23. The van der Waals surface area contributed by atoms with Gasteiger partial charge in [-0.05, 0) is 49.2 Å². The largest absolute Gasteiger partial charge is 0.327 e. The molecule has 5 heteroatoms. The minimum absolute atomic E-state index is 0.335. The molecular formula is C12H21BrN4. The van der Waals surface area contributed by atoms with Gasteiger partial charge in [-0.1, -0.05) is 0 Å². The normalized spacial score (nSPS) is 22.0. The van der Waals surface area contributed by atoms with Gasteiger partial charge in [0.1, 0.15) is 0 Å². The van der Waals surface area contributed by atoms with E-state index in [1.807, 2.05) is 6.92 Å². The highest BCUT2D eigenvalue weighted by atomic mass is 79.9. The summed E-state index contributed by atoms with van der Waals surface area (Å²) in [7, 11) is 0. The predicted molar refractivity (Wildman–Crippen MR) is 72.8 cm³/mol. The fraction of sp³-hybridized carbons (Fsp3) is 0.750. The van der Waals surface area contributed by atoms with E-state index >= 15 is 0 Å². The summed E-state index contributed by atoms with van der Waals surface area (Å²) < 4.78 is 3.23. The molecule has 0 amide bonds. The number of halogens is 1. The summed E-state index contributed by atoms with van der Waals surface area (Å²) in [6, 6.07) is 0.335. The van der Waals surface area contributed by atoms with Crippen molar-refractivity contribution < 1.29 is 0 Å². The Labute approximate surface area is 111 Å². The molecule has 0 aromatic carbocycles. The van der Waals surface area contributed by atoms with Crippen LogP contribution in [0.15, 0.2) is 4.47 Å². The van der Waals surface area contributed by atoms with E-state index in [4.69, 9.17) is 5.73 Å². The third-order valence-electron chi connectivity index (χ3n) is 3.37. The molecular weight excluding hydrogens is 280 g/mol. The number of nitrogens with two attached hydrogens (primary N) is 1. The van der Waals surface area contributed by atoms with Crippen LogP contribution in [-0.4, -0.2) is 33.8 Å². The lowest BCUT2D eigenvalue weighted by Crippen LogP contribution is -2.42. The Bertz CT molecular complexity index is 388. The Kier molecular flexibility index (Phi) is 4.22. The van der Waals surface area contributed by atoms with Crippen LogP contribution < -0.4 is 5.73 Å². The summed E-state index contributed by atoms with van der Waals surface area (Å²) in [5.41, 5.74) is 8.37. The molecule has 4 nitrogen and oxygen atoms in total. The van der Waals surface area contributed by atoms with Gasteiger partial charge in [-0.3, -0.25) is 9.58 Å². The fourth-order valence-corrected chi connectivity index (χ4v) is 2.88. The lowest BCUT2D eigenvalue weighted by Gasteiger charge is -2.30. The van der Waals surface area contributed by atoms with Gasteiger partial charge in [0.15, 0.2) is 0 Å². The molecule has 1 fully saturated rings. The summed E-state index contributed by atoms with van der Waals surface area (Å²) in [6.07, 6.45) is 2.36. The SMILES string of the molecule is CCn1nc(C)c(Br)c1CN1CCC[C@@H](N)C1. The number of piperidine rings is 1. The Morgan fingerprint density at radius 2 is 2.29 bits per heavy atom. The van der Waals surface area contributed by atoms with Gasteiger partial charge in [0.2, 0.25) is 0 Å². The number of hydrogen-bond acceptors (Lipinski definition) is 3. The molecule has 2 heterocycles. The van der Waals surface area contributed by atoms with Crippen LogP contribution in [0.25, 0.3) is 0 Å². The molecule has 2 rings (SSSR count). The number of likely N-dealkylation sites (tertiary alicyclic amines) is 1. The molecule has 1 aromatic heterocycles. The van der Waals surface area contributed by atoms with Crippen LogP contribution in [0.3, 0.4) is 0 Å². The van der Waals surface area contributed by atoms with Crippen LogP contribution in [0.1, 0.15) is 31.2 Å². The highest BCUT2D eigenvalue weighted by molar-refractivity contribution is 9.10. The van der Waals surface area contributed by atoms with E-state index in [-0.39, 0.29) is 0 Å². The van der Waals surface area contributed by atoms with Gasteiger partial charge >= 0.3 is 0 Å². The van der Waals surface area contributed by atoms with E-state index in [9.17, 15) is 0 Å². The average molecular weight is 301 g/mol. The number of rotatable bonds is 3. The van der Waals surface area contributed by atoms with E-state index in [0.29, 0.717) is 6.04 Å². The molecule has 0 aliphatic carbocycles. The van der Waals surface area contributed by atoms with Crippen molar-refractivity contribution in [3.05, 3.63) is 15.9 Å². The molecule has 1 aliphatic rings. The zero-order valence-electron chi connectivity index (χ0n) is 10.6. The zero-order chi connectivity index (χ0) is 12.4. The third kappa shape index (κ3) is 2.89. The summed E-state index contributed by atoms with van der Waals surface area (Å²) in [5, 5.41) is 4.53. The van der Waals surface area contributed by atoms with Gasteiger partial charge in [-0.25, -0.2) is 0 Å². The Hall–Kier alpha value is -0.390. The maximum atomic E-state index is 6.02. The Morgan fingerprint density at radius 1 is 1.53 bits per heavy atom. The second-order valence-corrected chi connectivity index (χ2v) is 5.59. The minimum Gasteiger partial charge on any atom is -0.327 e. The molecule has 1 atom stereocenters. The maximum absolute atomic E-state index is 6.02. The molecule has 1 aliphatic heterocycles. The number of aryl methyl sites for hydroxylation is 2. The molecule has 0 radical (unpaired) electrons. The maximum Gasteiger partial charge on any atom is 0.0739 e. The molecule has 0 bridgehead atoms. The van der Waals surface area contributed by atoms with Crippen molar-refractivity contribution in [2.45, 2.75) is 45.8 Å². The van der Waals surface area contributed by atoms with Crippen molar-refractivity contribution in [1.82, 2.24) is 14.7 Å². The summed E-state index contributed by atoms with van der Waals surface area (Å²) in [6.45, 7) is 8.19. The molecule has 1 saturated heterocycles. The van der Waals surface area contributed by atoms with E-state index in [1.165, 1.54) is 12.1 Å². The molecule has 2 N–H and O–H groups in total. The second-order valence-electron chi connectivity index (χ2n) is 4.80. The molecule has 0 spiro atoms. The van der Waals surface area contributed by atoms with E-state index in [0.717, 1.165) is 42.8 Å². The highest BCUT2D eigenvalue weighted by Gasteiger charge is 2.20. The zero-order valence-corrected chi connectivity index (χ0v) is 12.2. The van der Waals surface area contributed by atoms with Crippen LogP contribution in [0, 0.1) is 6.92 Å². The smallest absolute Gasteiger partial charge is 0.0739 e. The van der Waals surface area contributed by atoms with E-state index in [2.05, 4.69) is 37.5 Å². The van der Waals surface area contributed by atoms with Crippen molar-refractivity contribution in [2.24, 2.45) is 5.73 Å². The first kappa shape index (κ1) is 13.1. The molecule has 17 heavy (non-hydrogen) atoms. The van der Waals surface area contributed by atoms with Crippen molar-refractivity contribution in [3.63, 3.8) is 0 Å². The standard InChI is InChI=1S/C12H21BrN4/c1-3-17-11(12(13)9(2)15-17)8-16-6-4-5-10(14)7-16/h10H,3-8,14H2,1-2H3/t10-/m1/s1. The third-order valence-corrected chi connectivity index (χ3v) is 4.40. The lowest BCUT2D eigenvalue weighted by molar-refractivity contribution is 0.196. The monoisotopic (exact) mass is 300 g/mol. The number of nitrogens with zero attached hydrogens (tertiary/aromatic N) is 3. The van der Waals surface area contributed by atoms with Crippen molar-refractivity contribution in [2.75, 3.05) is 13.1 Å². The Balaban J connectivity index is 2.12. The molecule has 96 valence electrons. The first-order valence-electron chi connectivity index (χ1n) is 6.31. The molecule has 0 unspecified atom stereocenters. The summed E-state index contributed by atoms with van der Waals surface area (Å²) in [5.74, 6) is 0. The molecule has 1 aromatic rings. The second kappa shape index (κ2) is 5.50. The molecule has 0 saturated carbocycles. The van der Waals surface area contributed by atoms with Crippen molar-refractivity contribution in [3.8, 4) is 0 Å². The van der Waals surface area contributed by atoms with E-state index < -0.39 is 0 Å². The van der Waals surface area contributed by atoms with Crippen LogP contribution in [0.4, 0.5) is 0 Å². The first-order chi connectivity index (χ1) is 8.11.